The Balaban J connectivity index is 1.97. The smallest absolute Gasteiger partial charge is 0.0917 e. The van der Waals surface area contributed by atoms with Gasteiger partial charge in [-0.15, -0.1) is 0 Å². The molecule has 0 radical (unpaired) electrons. The van der Waals surface area contributed by atoms with Crippen LogP contribution in [-0.2, 0) is 0 Å². The van der Waals surface area contributed by atoms with Crippen molar-refractivity contribution in [3.8, 4) is 0 Å². The second-order valence-electron chi connectivity index (χ2n) is 5.18. The summed E-state index contributed by atoms with van der Waals surface area (Å²) in [5, 5.41) is 10.3. The van der Waals surface area contributed by atoms with Crippen LogP contribution in [0.4, 0.5) is 0 Å². The molecular formula is C14H21BrN2O. The molecule has 3 nitrogen and oxygen atoms in total. The Morgan fingerprint density at radius 2 is 2.22 bits per heavy atom. The molecule has 0 amide bonds. The van der Waals surface area contributed by atoms with E-state index in [4.69, 9.17) is 0 Å². The predicted molar refractivity (Wildman–Crippen MR) is 77.6 cm³/mol. The molecule has 1 N–H and O–H groups in total. The van der Waals surface area contributed by atoms with Crippen LogP contribution >= 0.6 is 15.9 Å². The lowest BCUT2D eigenvalue weighted by molar-refractivity contribution is 0.0474. The average Bonchev–Trinajstić information content (AvgIpc) is 2.32. The van der Waals surface area contributed by atoms with E-state index < -0.39 is 6.10 Å². The van der Waals surface area contributed by atoms with Crippen LogP contribution in [0.5, 0.6) is 0 Å². The van der Waals surface area contributed by atoms with Gasteiger partial charge in [-0.3, -0.25) is 4.90 Å². The van der Waals surface area contributed by atoms with Gasteiger partial charge in [-0.2, -0.15) is 0 Å². The second-order valence-corrected chi connectivity index (χ2v) is 6.09. The van der Waals surface area contributed by atoms with Crippen molar-refractivity contribution in [2.24, 2.45) is 0 Å². The van der Waals surface area contributed by atoms with Crippen molar-refractivity contribution >= 4 is 15.9 Å². The molecule has 0 bridgehead atoms. The molecule has 1 fully saturated rings. The summed E-state index contributed by atoms with van der Waals surface area (Å²) in [4.78, 5) is 4.71. The number of aliphatic hydroxyl groups excluding tert-OH is 1. The van der Waals surface area contributed by atoms with E-state index in [9.17, 15) is 5.11 Å². The zero-order valence-corrected chi connectivity index (χ0v) is 12.6. The summed E-state index contributed by atoms with van der Waals surface area (Å²) in [7, 11) is 2.15. The Morgan fingerprint density at radius 3 is 2.89 bits per heavy atom. The van der Waals surface area contributed by atoms with E-state index in [1.54, 1.807) is 0 Å². The van der Waals surface area contributed by atoms with Crippen molar-refractivity contribution in [1.29, 1.82) is 0 Å². The van der Waals surface area contributed by atoms with E-state index >= 15 is 0 Å². The van der Waals surface area contributed by atoms with Gasteiger partial charge in [-0.1, -0.05) is 28.1 Å². The van der Waals surface area contributed by atoms with Gasteiger partial charge in [0.1, 0.15) is 0 Å². The van der Waals surface area contributed by atoms with E-state index in [-0.39, 0.29) is 0 Å². The highest BCUT2D eigenvalue weighted by Crippen LogP contribution is 2.20. The Morgan fingerprint density at radius 1 is 1.44 bits per heavy atom. The van der Waals surface area contributed by atoms with Crippen molar-refractivity contribution in [3.05, 3.63) is 34.3 Å². The first-order valence-corrected chi connectivity index (χ1v) is 7.21. The summed E-state index contributed by atoms with van der Waals surface area (Å²) in [5.41, 5.74) is 0.982. The minimum Gasteiger partial charge on any atom is -0.387 e. The molecule has 2 atom stereocenters. The minimum absolute atomic E-state index is 0.409. The number of likely N-dealkylation sites (N-methyl/N-ethyl adjacent to an activating group) is 1. The molecule has 0 unspecified atom stereocenters. The molecule has 1 aromatic rings. The number of benzene rings is 1. The van der Waals surface area contributed by atoms with Crippen LogP contribution in [0.3, 0.4) is 0 Å². The SMILES string of the molecule is C[C@@H]1CN(C)CCN1C[C@@H](O)c1cccc(Br)c1. The number of β-amino-alcohol motifs (C(OH)–C–C–N with tert-alkyl or cyclic N) is 1. The fourth-order valence-corrected chi connectivity index (χ4v) is 2.91. The van der Waals surface area contributed by atoms with Gasteiger partial charge >= 0.3 is 0 Å². The fraction of sp³-hybridized carbons (Fsp3) is 0.571. The maximum Gasteiger partial charge on any atom is 0.0917 e. The summed E-state index contributed by atoms with van der Waals surface area (Å²) in [6, 6.07) is 8.43. The number of rotatable bonds is 3. The lowest BCUT2D eigenvalue weighted by Crippen LogP contribution is -2.51. The summed E-state index contributed by atoms with van der Waals surface area (Å²) >= 11 is 3.44. The number of hydrogen-bond donors (Lipinski definition) is 1. The zero-order chi connectivity index (χ0) is 13.1. The van der Waals surface area contributed by atoms with Gasteiger partial charge in [0.25, 0.3) is 0 Å². The molecule has 0 aliphatic carbocycles. The van der Waals surface area contributed by atoms with Crippen molar-refractivity contribution in [2.45, 2.75) is 19.1 Å². The first-order chi connectivity index (χ1) is 8.56. The Hall–Kier alpha value is -0.420. The molecule has 100 valence electrons. The molecule has 0 spiro atoms. The molecule has 0 aromatic heterocycles. The van der Waals surface area contributed by atoms with Crippen LogP contribution in [0.15, 0.2) is 28.7 Å². The zero-order valence-electron chi connectivity index (χ0n) is 11.0. The fourth-order valence-electron chi connectivity index (χ4n) is 2.49. The summed E-state index contributed by atoms with van der Waals surface area (Å²) in [6.45, 7) is 6.12. The number of piperazine rings is 1. The molecule has 18 heavy (non-hydrogen) atoms. The number of nitrogens with zero attached hydrogens (tertiary/aromatic N) is 2. The molecule has 1 aliphatic rings. The standard InChI is InChI=1S/C14H21BrN2O/c1-11-9-16(2)6-7-17(11)10-14(18)12-4-3-5-13(15)8-12/h3-5,8,11,14,18H,6-7,9-10H2,1-2H3/t11-,14-/m1/s1. The largest absolute Gasteiger partial charge is 0.387 e. The highest BCUT2D eigenvalue weighted by atomic mass is 79.9. The quantitative estimate of drug-likeness (QED) is 0.926. The second kappa shape index (κ2) is 6.15. The molecule has 1 aromatic carbocycles. The lowest BCUT2D eigenvalue weighted by atomic mass is 10.1. The molecule has 0 saturated carbocycles. The number of hydrogen-bond acceptors (Lipinski definition) is 3. The number of aliphatic hydroxyl groups is 1. The molecule has 1 saturated heterocycles. The van der Waals surface area contributed by atoms with Gasteiger partial charge < -0.3 is 10.0 Å². The van der Waals surface area contributed by atoms with Crippen LogP contribution in [0.25, 0.3) is 0 Å². The van der Waals surface area contributed by atoms with Crippen LogP contribution in [-0.4, -0.2) is 54.2 Å². The van der Waals surface area contributed by atoms with Crippen LogP contribution in [0.2, 0.25) is 0 Å². The van der Waals surface area contributed by atoms with Crippen molar-refractivity contribution < 1.29 is 5.11 Å². The first kappa shape index (κ1) is 14.0. The summed E-state index contributed by atoms with van der Waals surface area (Å²) in [6.07, 6.45) is -0.409. The Labute approximate surface area is 118 Å². The lowest BCUT2D eigenvalue weighted by Gasteiger charge is -2.39. The molecule has 4 heteroatoms. The Kier molecular flexibility index (Phi) is 4.78. The number of halogens is 1. The average molecular weight is 313 g/mol. The maximum atomic E-state index is 10.3. The highest BCUT2D eigenvalue weighted by molar-refractivity contribution is 9.10. The summed E-state index contributed by atoms with van der Waals surface area (Å²) in [5.74, 6) is 0. The third kappa shape index (κ3) is 3.54. The molecule has 1 aliphatic heterocycles. The third-order valence-electron chi connectivity index (χ3n) is 3.61. The molecule has 2 rings (SSSR count). The van der Waals surface area contributed by atoms with Crippen LogP contribution in [0, 0.1) is 0 Å². The Bertz CT molecular complexity index is 399. The summed E-state index contributed by atoms with van der Waals surface area (Å²) < 4.78 is 1.02. The van der Waals surface area contributed by atoms with Gasteiger partial charge in [0.15, 0.2) is 0 Å². The van der Waals surface area contributed by atoms with Gasteiger partial charge in [-0.05, 0) is 31.7 Å². The molecular weight excluding hydrogens is 292 g/mol. The van der Waals surface area contributed by atoms with Crippen molar-refractivity contribution in [2.75, 3.05) is 33.2 Å². The van der Waals surface area contributed by atoms with Crippen LogP contribution < -0.4 is 0 Å². The highest BCUT2D eigenvalue weighted by Gasteiger charge is 2.23. The van der Waals surface area contributed by atoms with E-state index in [2.05, 4.69) is 39.7 Å². The van der Waals surface area contributed by atoms with E-state index in [1.165, 1.54) is 0 Å². The van der Waals surface area contributed by atoms with Gasteiger partial charge in [-0.25, -0.2) is 0 Å². The van der Waals surface area contributed by atoms with E-state index in [0.717, 1.165) is 29.7 Å². The van der Waals surface area contributed by atoms with E-state index in [0.29, 0.717) is 12.6 Å². The monoisotopic (exact) mass is 312 g/mol. The topological polar surface area (TPSA) is 26.7 Å². The predicted octanol–water partition coefficient (Wildman–Crippen LogP) is 2.12. The third-order valence-corrected chi connectivity index (χ3v) is 4.10. The minimum atomic E-state index is -0.409. The first-order valence-electron chi connectivity index (χ1n) is 6.42. The van der Waals surface area contributed by atoms with Crippen LogP contribution in [0.1, 0.15) is 18.6 Å². The van der Waals surface area contributed by atoms with Gasteiger partial charge in [0.05, 0.1) is 6.10 Å². The van der Waals surface area contributed by atoms with Gasteiger partial charge in [0.2, 0.25) is 0 Å². The van der Waals surface area contributed by atoms with E-state index in [1.807, 2.05) is 24.3 Å². The van der Waals surface area contributed by atoms with Crippen molar-refractivity contribution in [1.82, 2.24) is 9.80 Å². The normalized spacial score (nSPS) is 24.1. The van der Waals surface area contributed by atoms with Crippen molar-refractivity contribution in [3.63, 3.8) is 0 Å². The maximum absolute atomic E-state index is 10.3. The van der Waals surface area contributed by atoms with Gasteiger partial charge in [0, 0.05) is 36.7 Å². The molecule has 1 heterocycles.